The van der Waals surface area contributed by atoms with Gasteiger partial charge in [-0.1, -0.05) is 6.92 Å². The number of anilines is 1. The van der Waals surface area contributed by atoms with Crippen molar-refractivity contribution in [1.82, 2.24) is 25.3 Å². The Bertz CT molecular complexity index is 814. The molecule has 3 N–H and O–H groups in total. The second kappa shape index (κ2) is 8.90. The maximum Gasteiger partial charge on any atom is 0.407 e. The molecule has 2 aromatic heterocycles. The van der Waals surface area contributed by atoms with Crippen LogP contribution in [-0.2, 0) is 23.0 Å². The van der Waals surface area contributed by atoms with Crippen LogP contribution in [0.1, 0.15) is 56.8 Å². The van der Waals surface area contributed by atoms with Crippen LogP contribution in [0.5, 0.6) is 0 Å². The third-order valence-corrected chi connectivity index (χ3v) is 5.05. The number of carbonyl (C=O) groups excluding carboxylic acids is 2. The molecule has 0 aromatic carbocycles. The lowest BCUT2D eigenvalue weighted by Gasteiger charge is -2.16. The summed E-state index contributed by atoms with van der Waals surface area (Å²) in [6, 6.07) is 3.76. The van der Waals surface area contributed by atoms with Crippen molar-refractivity contribution in [1.29, 1.82) is 0 Å². The van der Waals surface area contributed by atoms with Gasteiger partial charge in [-0.25, -0.2) is 4.79 Å². The molecule has 9 heteroatoms. The lowest BCUT2D eigenvalue weighted by Crippen LogP contribution is -2.35. The Hall–Kier alpha value is -2.84. The van der Waals surface area contributed by atoms with Gasteiger partial charge in [-0.15, -0.1) is 0 Å². The quantitative estimate of drug-likeness (QED) is 0.674. The number of nitrogens with zero attached hydrogens (tertiary/aromatic N) is 3. The summed E-state index contributed by atoms with van der Waals surface area (Å²) < 4.78 is 6.94. The van der Waals surface area contributed by atoms with Crippen LogP contribution < -0.4 is 10.6 Å². The zero-order valence-corrected chi connectivity index (χ0v) is 16.6. The van der Waals surface area contributed by atoms with Gasteiger partial charge in [0, 0.05) is 37.0 Å². The predicted molar refractivity (Wildman–Crippen MR) is 104 cm³/mol. The van der Waals surface area contributed by atoms with E-state index < -0.39 is 0 Å². The van der Waals surface area contributed by atoms with Crippen LogP contribution in [0.15, 0.2) is 18.3 Å². The summed E-state index contributed by atoms with van der Waals surface area (Å²) in [5.41, 5.74) is 1.68. The van der Waals surface area contributed by atoms with Crippen molar-refractivity contribution in [3.8, 4) is 0 Å². The number of hydrogen-bond donors (Lipinski definition) is 3. The number of amides is 2. The van der Waals surface area contributed by atoms with Gasteiger partial charge in [0.25, 0.3) is 0 Å². The van der Waals surface area contributed by atoms with Gasteiger partial charge in [0.05, 0.1) is 12.1 Å². The van der Waals surface area contributed by atoms with Gasteiger partial charge < -0.3 is 15.4 Å². The Labute approximate surface area is 164 Å². The third-order valence-electron chi connectivity index (χ3n) is 5.05. The van der Waals surface area contributed by atoms with E-state index in [1.54, 1.807) is 10.9 Å². The van der Waals surface area contributed by atoms with Crippen LogP contribution in [0, 0.1) is 0 Å². The molecule has 3 atom stereocenters. The van der Waals surface area contributed by atoms with Gasteiger partial charge in [0.15, 0.2) is 5.82 Å². The number of rotatable bonds is 7. The summed E-state index contributed by atoms with van der Waals surface area (Å²) in [5, 5.41) is 17.1. The van der Waals surface area contributed by atoms with E-state index in [1.165, 1.54) is 0 Å². The molecule has 1 fully saturated rings. The number of aromatic nitrogens is 4. The zero-order chi connectivity index (χ0) is 20.1. The second-order valence-electron chi connectivity index (χ2n) is 7.39. The van der Waals surface area contributed by atoms with Crippen molar-refractivity contribution in [2.24, 2.45) is 7.05 Å². The van der Waals surface area contributed by atoms with E-state index in [4.69, 9.17) is 4.74 Å². The topological polar surface area (TPSA) is 114 Å². The Morgan fingerprint density at radius 1 is 1.43 bits per heavy atom. The highest BCUT2D eigenvalue weighted by atomic mass is 16.6. The summed E-state index contributed by atoms with van der Waals surface area (Å²) in [6.07, 6.45) is 5.02. The second-order valence-corrected chi connectivity index (χ2v) is 7.39. The molecule has 1 aliphatic rings. The Morgan fingerprint density at radius 2 is 2.25 bits per heavy atom. The van der Waals surface area contributed by atoms with Crippen LogP contribution in [-0.4, -0.2) is 44.1 Å². The number of alkyl carbamates (subject to hydrolysis) is 1. The van der Waals surface area contributed by atoms with Crippen LogP contribution in [0.4, 0.5) is 10.6 Å². The minimum Gasteiger partial charge on any atom is -0.447 e. The van der Waals surface area contributed by atoms with Crippen molar-refractivity contribution in [3.05, 3.63) is 29.7 Å². The maximum absolute atomic E-state index is 12.1. The molecule has 3 rings (SSSR count). The van der Waals surface area contributed by atoms with Crippen molar-refractivity contribution in [3.63, 3.8) is 0 Å². The minimum absolute atomic E-state index is 0.0814. The number of aryl methyl sites for hydroxylation is 1. The number of carbonyl (C=O) groups is 2. The average Bonchev–Trinajstić information content (AvgIpc) is 3.36. The van der Waals surface area contributed by atoms with E-state index in [9.17, 15) is 9.59 Å². The van der Waals surface area contributed by atoms with Crippen LogP contribution >= 0.6 is 0 Å². The molecular weight excluding hydrogens is 360 g/mol. The van der Waals surface area contributed by atoms with Crippen LogP contribution in [0.2, 0.25) is 0 Å². The van der Waals surface area contributed by atoms with Crippen molar-refractivity contribution in [2.45, 2.75) is 64.0 Å². The lowest BCUT2D eigenvalue weighted by molar-refractivity contribution is -0.115. The Morgan fingerprint density at radius 3 is 2.96 bits per heavy atom. The summed E-state index contributed by atoms with van der Waals surface area (Å²) >= 11 is 0. The fraction of sp³-hybridized carbons (Fsp3) is 0.579. The monoisotopic (exact) mass is 388 g/mol. The number of ether oxygens (including phenoxy) is 1. The third kappa shape index (κ3) is 5.34. The first-order chi connectivity index (χ1) is 13.4. The molecular formula is C19H28N6O3. The fourth-order valence-corrected chi connectivity index (χ4v) is 3.38. The lowest BCUT2D eigenvalue weighted by atomic mass is 10.0. The standard InChI is InChI=1S/C19H28N6O3/c1-4-12(2)28-19(27)20-14-6-5-13(9-14)16-11-17(23-22-16)21-18(26)10-15-7-8-25(3)24-15/h7-8,11-14H,4-6,9-10H2,1-3H3,(H,20,27)(H2,21,22,23,26). The number of nitrogens with one attached hydrogen (secondary N) is 3. The zero-order valence-electron chi connectivity index (χ0n) is 16.6. The predicted octanol–water partition coefficient (Wildman–Crippen LogP) is 2.49. The van der Waals surface area contributed by atoms with Crippen molar-refractivity contribution in [2.75, 3.05) is 5.32 Å². The molecule has 2 amide bonds. The molecule has 3 unspecified atom stereocenters. The van der Waals surface area contributed by atoms with Crippen LogP contribution in [0.25, 0.3) is 0 Å². The summed E-state index contributed by atoms with van der Waals surface area (Å²) in [5.74, 6) is 0.613. The van der Waals surface area contributed by atoms with Gasteiger partial charge in [-0.3, -0.25) is 14.6 Å². The van der Waals surface area contributed by atoms with Gasteiger partial charge >= 0.3 is 6.09 Å². The molecule has 9 nitrogen and oxygen atoms in total. The number of H-pyrrole nitrogens is 1. The highest BCUT2D eigenvalue weighted by Gasteiger charge is 2.29. The molecule has 1 aliphatic carbocycles. The average molecular weight is 388 g/mol. The molecule has 0 spiro atoms. The number of aromatic amines is 1. The number of hydrogen-bond acceptors (Lipinski definition) is 5. The van der Waals surface area contributed by atoms with Gasteiger partial charge in [-0.2, -0.15) is 10.2 Å². The van der Waals surface area contributed by atoms with E-state index in [-0.39, 0.29) is 36.5 Å². The molecule has 1 saturated carbocycles. The first kappa shape index (κ1) is 19.9. The van der Waals surface area contributed by atoms with E-state index >= 15 is 0 Å². The molecule has 0 saturated heterocycles. The smallest absolute Gasteiger partial charge is 0.407 e. The molecule has 2 aromatic rings. The molecule has 28 heavy (non-hydrogen) atoms. The molecule has 0 aliphatic heterocycles. The normalized spacial score (nSPS) is 20.0. The largest absolute Gasteiger partial charge is 0.447 e. The van der Waals surface area contributed by atoms with Gasteiger partial charge in [0.1, 0.15) is 6.10 Å². The fourth-order valence-electron chi connectivity index (χ4n) is 3.38. The summed E-state index contributed by atoms with van der Waals surface area (Å²) in [6.45, 7) is 3.86. The van der Waals surface area contributed by atoms with Gasteiger partial charge in [-0.05, 0) is 38.7 Å². The Kier molecular flexibility index (Phi) is 6.33. The first-order valence-electron chi connectivity index (χ1n) is 9.73. The van der Waals surface area contributed by atoms with E-state index in [0.29, 0.717) is 11.5 Å². The molecule has 0 bridgehead atoms. The molecule has 152 valence electrons. The van der Waals surface area contributed by atoms with E-state index in [0.717, 1.165) is 31.4 Å². The van der Waals surface area contributed by atoms with E-state index in [2.05, 4.69) is 25.9 Å². The highest BCUT2D eigenvalue weighted by molar-refractivity contribution is 5.91. The maximum atomic E-state index is 12.1. The van der Waals surface area contributed by atoms with E-state index in [1.807, 2.05) is 33.0 Å². The minimum atomic E-state index is -0.355. The van der Waals surface area contributed by atoms with Gasteiger partial charge in [0.2, 0.25) is 5.91 Å². The van der Waals surface area contributed by atoms with Crippen molar-refractivity contribution < 1.29 is 14.3 Å². The summed E-state index contributed by atoms with van der Waals surface area (Å²) in [7, 11) is 1.81. The molecule has 0 radical (unpaired) electrons. The van der Waals surface area contributed by atoms with Crippen LogP contribution in [0.3, 0.4) is 0 Å². The van der Waals surface area contributed by atoms with Crippen molar-refractivity contribution >= 4 is 17.8 Å². The highest BCUT2D eigenvalue weighted by Crippen LogP contribution is 2.34. The molecule has 2 heterocycles. The SMILES string of the molecule is CCC(C)OC(=O)NC1CCC(c2cc(NC(=O)Cc3ccn(C)n3)n[nH]2)C1. The first-order valence-corrected chi connectivity index (χ1v) is 9.73. The Balaban J connectivity index is 1.47. The summed E-state index contributed by atoms with van der Waals surface area (Å²) in [4.78, 5) is 24.0.